The summed E-state index contributed by atoms with van der Waals surface area (Å²) in [7, 11) is 1.53. The van der Waals surface area contributed by atoms with E-state index < -0.39 is 6.04 Å². The van der Waals surface area contributed by atoms with Crippen LogP contribution in [0.4, 0.5) is 5.82 Å². The standard InChI is InChI=1S/C27H27N3O2/c1-20(21-10-4-3-5-11-21)30-23(18-22-12-6-7-13-25(22)30)19-24(26(31)15-17-32-2)29-27-14-8-9-16-28-27/h3-18,20,24H,19H2,1-2H3,(H,28,29). The van der Waals surface area contributed by atoms with Gasteiger partial charge in [-0.2, -0.15) is 0 Å². The predicted molar refractivity (Wildman–Crippen MR) is 129 cm³/mol. The average Bonchev–Trinajstić information content (AvgIpc) is 3.20. The van der Waals surface area contributed by atoms with E-state index in [1.54, 1.807) is 6.20 Å². The number of hydrogen-bond acceptors (Lipinski definition) is 4. The number of carbonyl (C=O) groups is 1. The molecular weight excluding hydrogens is 398 g/mol. The molecule has 5 heteroatoms. The van der Waals surface area contributed by atoms with Crippen molar-refractivity contribution in [3.8, 4) is 0 Å². The maximum Gasteiger partial charge on any atom is 0.181 e. The molecule has 32 heavy (non-hydrogen) atoms. The van der Waals surface area contributed by atoms with Gasteiger partial charge >= 0.3 is 0 Å². The predicted octanol–water partition coefficient (Wildman–Crippen LogP) is 5.40. The summed E-state index contributed by atoms with van der Waals surface area (Å²) in [5, 5.41) is 4.46. The van der Waals surface area contributed by atoms with Gasteiger partial charge in [0.1, 0.15) is 5.82 Å². The van der Waals surface area contributed by atoms with Gasteiger partial charge in [0.25, 0.3) is 0 Å². The number of ether oxygens (including phenoxy) is 1. The van der Waals surface area contributed by atoms with E-state index in [1.807, 2.05) is 30.3 Å². The molecule has 2 atom stereocenters. The van der Waals surface area contributed by atoms with Gasteiger partial charge < -0.3 is 14.6 Å². The molecule has 2 unspecified atom stereocenters. The molecule has 2 aromatic carbocycles. The molecule has 0 saturated carbocycles. The topological polar surface area (TPSA) is 56.1 Å². The van der Waals surface area contributed by atoms with Crippen LogP contribution in [0.2, 0.25) is 0 Å². The molecular formula is C27H27N3O2. The minimum absolute atomic E-state index is 0.0679. The van der Waals surface area contributed by atoms with E-state index in [1.165, 1.54) is 25.0 Å². The zero-order valence-electron chi connectivity index (χ0n) is 18.3. The van der Waals surface area contributed by atoms with Crippen molar-refractivity contribution < 1.29 is 9.53 Å². The van der Waals surface area contributed by atoms with Crippen LogP contribution in [0.15, 0.2) is 97.4 Å². The van der Waals surface area contributed by atoms with Crippen LogP contribution in [0.25, 0.3) is 10.9 Å². The minimum atomic E-state index is -0.484. The molecule has 4 aromatic rings. The Morgan fingerprint density at radius 3 is 2.56 bits per heavy atom. The van der Waals surface area contributed by atoms with Crippen molar-refractivity contribution in [2.45, 2.75) is 25.4 Å². The summed E-state index contributed by atoms with van der Waals surface area (Å²) in [6.07, 6.45) is 5.10. The monoisotopic (exact) mass is 425 g/mol. The first-order valence-corrected chi connectivity index (χ1v) is 10.7. The molecule has 0 aliphatic carbocycles. The van der Waals surface area contributed by atoms with Gasteiger partial charge in [-0.15, -0.1) is 0 Å². The lowest BCUT2D eigenvalue weighted by molar-refractivity contribution is -0.115. The van der Waals surface area contributed by atoms with E-state index >= 15 is 0 Å². The third kappa shape index (κ3) is 4.72. The second-order valence-corrected chi connectivity index (χ2v) is 7.71. The first kappa shape index (κ1) is 21.4. The average molecular weight is 426 g/mol. The highest BCUT2D eigenvalue weighted by Crippen LogP contribution is 2.29. The van der Waals surface area contributed by atoms with Crippen LogP contribution in [0, 0.1) is 0 Å². The van der Waals surface area contributed by atoms with Crippen molar-refractivity contribution in [3.63, 3.8) is 0 Å². The highest BCUT2D eigenvalue weighted by Gasteiger charge is 2.22. The van der Waals surface area contributed by atoms with Gasteiger partial charge in [0.2, 0.25) is 0 Å². The molecule has 1 N–H and O–H groups in total. The summed E-state index contributed by atoms with van der Waals surface area (Å²) in [6, 6.07) is 26.2. The first-order chi connectivity index (χ1) is 15.7. The summed E-state index contributed by atoms with van der Waals surface area (Å²) in [5.74, 6) is 0.595. The number of nitrogens with zero attached hydrogens (tertiary/aromatic N) is 2. The van der Waals surface area contributed by atoms with Crippen molar-refractivity contribution >= 4 is 22.5 Å². The molecule has 0 amide bonds. The quantitative estimate of drug-likeness (QED) is 0.288. The zero-order valence-corrected chi connectivity index (χ0v) is 18.3. The fraction of sp³-hybridized carbons (Fsp3) is 0.185. The summed E-state index contributed by atoms with van der Waals surface area (Å²) >= 11 is 0. The molecule has 0 aliphatic heterocycles. The molecule has 0 radical (unpaired) electrons. The summed E-state index contributed by atoms with van der Waals surface area (Å²) in [5.41, 5.74) is 3.44. The van der Waals surface area contributed by atoms with Gasteiger partial charge in [0.15, 0.2) is 5.78 Å². The Labute approximate surface area is 188 Å². The number of aromatic nitrogens is 2. The number of anilines is 1. The van der Waals surface area contributed by atoms with Gasteiger partial charge in [-0.05, 0) is 42.1 Å². The molecule has 162 valence electrons. The maximum absolute atomic E-state index is 13.0. The molecule has 0 bridgehead atoms. The number of nitrogens with one attached hydrogen (secondary N) is 1. The highest BCUT2D eigenvalue weighted by atomic mass is 16.5. The second-order valence-electron chi connectivity index (χ2n) is 7.71. The fourth-order valence-electron chi connectivity index (χ4n) is 4.04. The zero-order chi connectivity index (χ0) is 22.3. The summed E-state index contributed by atoms with van der Waals surface area (Å²) in [4.78, 5) is 17.4. The summed E-state index contributed by atoms with van der Waals surface area (Å²) < 4.78 is 7.31. The molecule has 0 fully saturated rings. The second kappa shape index (κ2) is 9.96. The van der Waals surface area contributed by atoms with Crippen molar-refractivity contribution in [2.24, 2.45) is 0 Å². The number of para-hydroxylation sites is 1. The Morgan fingerprint density at radius 2 is 1.81 bits per heavy atom. The number of ketones is 1. The normalized spacial score (nSPS) is 13.2. The van der Waals surface area contributed by atoms with Crippen molar-refractivity contribution in [1.29, 1.82) is 0 Å². The van der Waals surface area contributed by atoms with Gasteiger partial charge in [-0.3, -0.25) is 4.79 Å². The number of fused-ring (bicyclic) bond motifs is 1. The fourth-order valence-corrected chi connectivity index (χ4v) is 4.04. The first-order valence-electron chi connectivity index (χ1n) is 10.7. The van der Waals surface area contributed by atoms with Crippen LogP contribution >= 0.6 is 0 Å². The molecule has 0 aliphatic rings. The Bertz CT molecular complexity index is 1200. The lowest BCUT2D eigenvalue weighted by Gasteiger charge is -2.22. The summed E-state index contributed by atoms with van der Waals surface area (Å²) in [6.45, 7) is 2.19. The third-order valence-electron chi connectivity index (χ3n) is 5.61. The van der Waals surface area contributed by atoms with Crippen LogP contribution in [-0.2, 0) is 16.0 Å². The van der Waals surface area contributed by atoms with E-state index in [-0.39, 0.29) is 11.8 Å². The number of hydrogen-bond donors (Lipinski definition) is 1. The van der Waals surface area contributed by atoms with Crippen LogP contribution in [0.3, 0.4) is 0 Å². The van der Waals surface area contributed by atoms with E-state index in [4.69, 9.17) is 4.74 Å². The highest BCUT2D eigenvalue weighted by molar-refractivity contribution is 5.96. The SMILES string of the molecule is COC=CC(=O)C(Cc1cc2ccccc2n1C(C)c1ccccc1)Nc1ccccn1. The van der Waals surface area contributed by atoms with Crippen LogP contribution in [0.5, 0.6) is 0 Å². The molecule has 0 saturated heterocycles. The minimum Gasteiger partial charge on any atom is -0.504 e. The lowest BCUT2D eigenvalue weighted by Crippen LogP contribution is -2.32. The molecule has 4 rings (SSSR count). The van der Waals surface area contributed by atoms with Crippen LogP contribution in [0.1, 0.15) is 24.2 Å². The van der Waals surface area contributed by atoms with Crippen LogP contribution < -0.4 is 5.32 Å². The smallest absolute Gasteiger partial charge is 0.181 e. The lowest BCUT2D eigenvalue weighted by atomic mass is 10.0. The van der Waals surface area contributed by atoms with Gasteiger partial charge in [-0.1, -0.05) is 54.6 Å². The molecule has 2 heterocycles. The number of rotatable bonds is 9. The largest absolute Gasteiger partial charge is 0.504 e. The van der Waals surface area contributed by atoms with Crippen molar-refractivity contribution in [1.82, 2.24) is 9.55 Å². The van der Waals surface area contributed by atoms with Crippen molar-refractivity contribution in [2.75, 3.05) is 12.4 Å². The number of pyridine rings is 1. The third-order valence-corrected chi connectivity index (χ3v) is 5.61. The number of methoxy groups -OCH3 is 1. The van der Waals surface area contributed by atoms with Gasteiger partial charge in [-0.25, -0.2) is 4.98 Å². The number of carbonyl (C=O) groups excluding carboxylic acids is 1. The van der Waals surface area contributed by atoms with Gasteiger partial charge in [0.05, 0.1) is 25.5 Å². The van der Waals surface area contributed by atoms with E-state index in [2.05, 4.69) is 70.3 Å². The maximum atomic E-state index is 13.0. The van der Waals surface area contributed by atoms with E-state index in [0.29, 0.717) is 12.2 Å². The molecule has 5 nitrogen and oxygen atoms in total. The van der Waals surface area contributed by atoms with Crippen LogP contribution in [-0.4, -0.2) is 28.5 Å². The van der Waals surface area contributed by atoms with Crippen molar-refractivity contribution in [3.05, 3.63) is 109 Å². The number of benzene rings is 2. The van der Waals surface area contributed by atoms with E-state index in [9.17, 15) is 4.79 Å². The van der Waals surface area contributed by atoms with Gasteiger partial charge in [0, 0.05) is 29.9 Å². The molecule has 2 aromatic heterocycles. The van der Waals surface area contributed by atoms with E-state index in [0.717, 1.165) is 16.6 Å². The Hall–Kier alpha value is -3.86. The molecule has 0 spiro atoms. The Morgan fingerprint density at radius 1 is 1.06 bits per heavy atom. The Balaban J connectivity index is 1.74. The Kier molecular flexibility index (Phi) is 6.66.